The molecule has 0 saturated carbocycles. The molecule has 0 unspecified atom stereocenters. The van der Waals surface area contributed by atoms with Gasteiger partial charge in [0.2, 0.25) is 5.91 Å². The van der Waals surface area contributed by atoms with Gasteiger partial charge in [-0.15, -0.1) is 0 Å². The van der Waals surface area contributed by atoms with Gasteiger partial charge in [-0.05, 0) is 41.3 Å². The van der Waals surface area contributed by atoms with Crippen LogP contribution in [0.3, 0.4) is 0 Å². The molecule has 1 heterocycles. The maximum Gasteiger partial charge on any atom is 0.253 e. The highest BCUT2D eigenvalue weighted by atomic mass is 16.5. The summed E-state index contributed by atoms with van der Waals surface area (Å²) in [7, 11) is 4.67. The third kappa shape index (κ3) is 4.25. The Morgan fingerprint density at radius 1 is 0.964 bits per heavy atom. The van der Waals surface area contributed by atoms with Crippen molar-refractivity contribution in [3.05, 3.63) is 63.9 Å². The van der Waals surface area contributed by atoms with Gasteiger partial charge < -0.3 is 24.5 Å². The molecule has 1 aromatic heterocycles. The van der Waals surface area contributed by atoms with Gasteiger partial charge in [-0.2, -0.15) is 0 Å². The van der Waals surface area contributed by atoms with E-state index in [-0.39, 0.29) is 24.4 Å². The van der Waals surface area contributed by atoms with E-state index < -0.39 is 0 Å². The first-order valence-corrected chi connectivity index (χ1v) is 8.71. The van der Waals surface area contributed by atoms with Gasteiger partial charge in [0.25, 0.3) is 5.56 Å². The number of amides is 1. The van der Waals surface area contributed by atoms with E-state index in [1.807, 2.05) is 12.1 Å². The number of hydrogen-bond acceptors (Lipinski definition) is 5. The molecule has 0 spiro atoms. The summed E-state index contributed by atoms with van der Waals surface area (Å²) in [6, 6.07) is 12.5. The van der Waals surface area contributed by atoms with Crippen LogP contribution in [0.25, 0.3) is 10.9 Å². The summed E-state index contributed by atoms with van der Waals surface area (Å²) >= 11 is 0. The number of aromatic amines is 1. The molecule has 0 fully saturated rings. The Kier molecular flexibility index (Phi) is 5.84. The first kappa shape index (κ1) is 19.3. The molecule has 0 atom stereocenters. The van der Waals surface area contributed by atoms with E-state index in [0.29, 0.717) is 28.3 Å². The molecule has 1 amide bonds. The smallest absolute Gasteiger partial charge is 0.253 e. The highest BCUT2D eigenvalue weighted by Gasteiger charge is 2.10. The van der Waals surface area contributed by atoms with Crippen molar-refractivity contribution in [1.82, 2.24) is 10.3 Å². The summed E-state index contributed by atoms with van der Waals surface area (Å²) < 4.78 is 15.6. The van der Waals surface area contributed by atoms with E-state index in [4.69, 9.17) is 14.2 Å². The van der Waals surface area contributed by atoms with E-state index in [2.05, 4.69) is 10.3 Å². The topological polar surface area (TPSA) is 89.7 Å². The number of hydrogen-bond donors (Lipinski definition) is 2. The second kappa shape index (κ2) is 8.47. The second-order valence-electron chi connectivity index (χ2n) is 6.22. The Balaban J connectivity index is 1.69. The number of benzene rings is 2. The molecule has 146 valence electrons. The zero-order valence-electron chi connectivity index (χ0n) is 16.0. The monoisotopic (exact) mass is 382 g/mol. The zero-order valence-corrected chi connectivity index (χ0v) is 16.0. The van der Waals surface area contributed by atoms with Crippen LogP contribution in [0.5, 0.6) is 17.2 Å². The summed E-state index contributed by atoms with van der Waals surface area (Å²) in [5.41, 5.74) is 1.71. The number of ether oxygens (including phenoxy) is 3. The SMILES string of the molecule is COc1ccc2cc(CNC(=O)Cc3ccc(OC)c(OC)c3)c(=O)[nH]c2c1. The molecule has 0 radical (unpaired) electrons. The van der Waals surface area contributed by atoms with Gasteiger partial charge in [0, 0.05) is 18.2 Å². The lowest BCUT2D eigenvalue weighted by Gasteiger charge is -2.10. The van der Waals surface area contributed by atoms with Crippen molar-refractivity contribution in [2.24, 2.45) is 0 Å². The third-order valence-corrected chi connectivity index (χ3v) is 4.42. The molecule has 0 aliphatic rings. The van der Waals surface area contributed by atoms with E-state index in [0.717, 1.165) is 10.9 Å². The molecule has 3 aromatic rings. The highest BCUT2D eigenvalue weighted by Crippen LogP contribution is 2.27. The van der Waals surface area contributed by atoms with Crippen molar-refractivity contribution in [3.8, 4) is 17.2 Å². The average Bonchev–Trinajstić information content (AvgIpc) is 2.71. The van der Waals surface area contributed by atoms with Crippen LogP contribution in [-0.2, 0) is 17.8 Å². The number of aromatic nitrogens is 1. The molecule has 28 heavy (non-hydrogen) atoms. The van der Waals surface area contributed by atoms with Gasteiger partial charge >= 0.3 is 0 Å². The van der Waals surface area contributed by atoms with Crippen LogP contribution < -0.4 is 25.1 Å². The summed E-state index contributed by atoms with van der Waals surface area (Å²) in [4.78, 5) is 27.4. The predicted octanol–water partition coefficient (Wildman–Crippen LogP) is 2.41. The van der Waals surface area contributed by atoms with Crippen molar-refractivity contribution in [2.75, 3.05) is 21.3 Å². The van der Waals surface area contributed by atoms with Crippen LogP contribution in [-0.4, -0.2) is 32.2 Å². The number of H-pyrrole nitrogens is 1. The number of methoxy groups -OCH3 is 3. The molecule has 3 rings (SSSR count). The van der Waals surface area contributed by atoms with Crippen molar-refractivity contribution in [1.29, 1.82) is 0 Å². The van der Waals surface area contributed by atoms with E-state index in [9.17, 15) is 9.59 Å². The number of rotatable bonds is 7. The Bertz CT molecular complexity index is 1060. The summed E-state index contributed by atoms with van der Waals surface area (Å²) in [6.45, 7) is 0.142. The van der Waals surface area contributed by atoms with Crippen LogP contribution in [0, 0.1) is 0 Å². The minimum absolute atomic E-state index is 0.142. The first-order valence-electron chi connectivity index (χ1n) is 8.71. The molecule has 2 aromatic carbocycles. The highest BCUT2D eigenvalue weighted by molar-refractivity contribution is 5.81. The van der Waals surface area contributed by atoms with E-state index in [1.54, 1.807) is 51.7 Å². The Morgan fingerprint density at radius 3 is 2.46 bits per heavy atom. The lowest BCUT2D eigenvalue weighted by Crippen LogP contribution is -2.28. The van der Waals surface area contributed by atoms with Crippen molar-refractivity contribution >= 4 is 16.8 Å². The van der Waals surface area contributed by atoms with Crippen molar-refractivity contribution in [3.63, 3.8) is 0 Å². The zero-order chi connectivity index (χ0) is 20.1. The van der Waals surface area contributed by atoms with Crippen LogP contribution >= 0.6 is 0 Å². The maximum atomic E-state index is 12.3. The van der Waals surface area contributed by atoms with E-state index in [1.165, 1.54) is 0 Å². The fourth-order valence-electron chi connectivity index (χ4n) is 2.92. The Morgan fingerprint density at radius 2 is 1.75 bits per heavy atom. The Hall–Kier alpha value is -3.48. The van der Waals surface area contributed by atoms with Gasteiger partial charge in [0.1, 0.15) is 5.75 Å². The number of carbonyl (C=O) groups is 1. The summed E-state index contributed by atoms with van der Waals surface area (Å²) in [5, 5.41) is 3.65. The van der Waals surface area contributed by atoms with Crippen LogP contribution in [0.2, 0.25) is 0 Å². The largest absolute Gasteiger partial charge is 0.497 e. The van der Waals surface area contributed by atoms with Gasteiger partial charge in [-0.1, -0.05) is 6.07 Å². The van der Waals surface area contributed by atoms with Gasteiger partial charge in [-0.25, -0.2) is 0 Å². The van der Waals surface area contributed by atoms with E-state index >= 15 is 0 Å². The lowest BCUT2D eigenvalue weighted by atomic mass is 10.1. The predicted molar refractivity (Wildman–Crippen MR) is 106 cm³/mol. The molecular formula is C21H22N2O5. The molecule has 2 N–H and O–H groups in total. The fourth-order valence-corrected chi connectivity index (χ4v) is 2.92. The van der Waals surface area contributed by atoms with Gasteiger partial charge in [0.05, 0.1) is 33.3 Å². The van der Waals surface area contributed by atoms with Crippen LogP contribution in [0.1, 0.15) is 11.1 Å². The van der Waals surface area contributed by atoms with Gasteiger partial charge in [-0.3, -0.25) is 9.59 Å². The first-order chi connectivity index (χ1) is 13.5. The molecule has 0 aliphatic carbocycles. The Labute approximate surface area is 162 Å². The summed E-state index contributed by atoms with van der Waals surface area (Å²) in [6.07, 6.45) is 0.170. The quantitative estimate of drug-likeness (QED) is 0.655. The minimum atomic E-state index is -0.243. The van der Waals surface area contributed by atoms with Crippen LogP contribution in [0.15, 0.2) is 47.3 Å². The van der Waals surface area contributed by atoms with Crippen molar-refractivity contribution < 1.29 is 19.0 Å². The fraction of sp³-hybridized carbons (Fsp3) is 0.238. The number of carbonyl (C=O) groups excluding carboxylic acids is 1. The third-order valence-electron chi connectivity index (χ3n) is 4.42. The number of nitrogens with one attached hydrogen (secondary N) is 2. The molecular weight excluding hydrogens is 360 g/mol. The van der Waals surface area contributed by atoms with Gasteiger partial charge in [0.15, 0.2) is 11.5 Å². The molecule has 0 saturated heterocycles. The molecule has 0 aliphatic heterocycles. The lowest BCUT2D eigenvalue weighted by molar-refractivity contribution is -0.120. The number of fused-ring (bicyclic) bond motifs is 1. The average molecular weight is 382 g/mol. The maximum absolute atomic E-state index is 12.3. The normalized spacial score (nSPS) is 10.5. The molecule has 7 heteroatoms. The number of pyridine rings is 1. The second-order valence-corrected chi connectivity index (χ2v) is 6.22. The standard InChI is InChI=1S/C21H22N2O5/c1-26-16-6-5-14-10-15(21(25)23-17(14)11-16)12-22-20(24)9-13-4-7-18(27-2)19(8-13)28-3/h4-8,10-11H,9,12H2,1-3H3,(H,22,24)(H,23,25). The minimum Gasteiger partial charge on any atom is -0.497 e. The molecule has 0 bridgehead atoms. The molecule has 7 nitrogen and oxygen atoms in total. The van der Waals surface area contributed by atoms with Crippen molar-refractivity contribution in [2.45, 2.75) is 13.0 Å². The van der Waals surface area contributed by atoms with Crippen LogP contribution in [0.4, 0.5) is 0 Å². The summed E-state index contributed by atoms with van der Waals surface area (Å²) in [5.74, 6) is 1.64.